The number of allylic oxidation sites excluding steroid dienone is 2. The summed E-state index contributed by atoms with van der Waals surface area (Å²) in [4.78, 5) is 23.6. The molecule has 0 atom stereocenters. The number of hydrogen-bond acceptors (Lipinski definition) is 2. The molecule has 1 aromatic rings. The number of rotatable bonds is 1. The van der Waals surface area contributed by atoms with E-state index in [1.807, 2.05) is 6.92 Å². The van der Waals surface area contributed by atoms with E-state index in [1.54, 1.807) is 18.2 Å². The van der Waals surface area contributed by atoms with E-state index in [4.69, 9.17) is 11.6 Å². The van der Waals surface area contributed by atoms with E-state index in [9.17, 15) is 9.59 Å². The van der Waals surface area contributed by atoms with Gasteiger partial charge in [-0.15, -0.1) is 0 Å². The molecule has 0 amide bonds. The third-order valence-electron chi connectivity index (χ3n) is 2.48. The van der Waals surface area contributed by atoms with Crippen LogP contribution in [-0.4, -0.2) is 11.6 Å². The minimum absolute atomic E-state index is 0.127. The van der Waals surface area contributed by atoms with Crippen molar-refractivity contribution >= 4 is 23.2 Å². The number of halogens is 1. The minimum Gasteiger partial charge on any atom is -0.289 e. The van der Waals surface area contributed by atoms with Crippen molar-refractivity contribution < 1.29 is 9.59 Å². The Bertz CT molecular complexity index is 486. The van der Waals surface area contributed by atoms with Crippen LogP contribution < -0.4 is 0 Å². The molecule has 0 radical (unpaired) electrons. The maximum atomic E-state index is 11.9. The average molecular weight is 221 g/mol. The Hall–Kier alpha value is -1.41. The van der Waals surface area contributed by atoms with Crippen molar-refractivity contribution in [2.24, 2.45) is 0 Å². The summed E-state index contributed by atoms with van der Waals surface area (Å²) in [7, 11) is 0. The lowest BCUT2D eigenvalue weighted by Gasteiger charge is -2.14. The zero-order valence-corrected chi connectivity index (χ0v) is 8.97. The van der Waals surface area contributed by atoms with Crippen LogP contribution in [0.2, 0.25) is 5.02 Å². The first-order valence-corrected chi connectivity index (χ1v) is 5.11. The van der Waals surface area contributed by atoms with Crippen LogP contribution in [0.5, 0.6) is 0 Å². The summed E-state index contributed by atoms with van der Waals surface area (Å²) in [5.74, 6) is -0.262. The highest BCUT2D eigenvalue weighted by molar-refractivity contribution is 6.37. The van der Waals surface area contributed by atoms with Crippen LogP contribution in [0, 0.1) is 0 Å². The lowest BCUT2D eigenvalue weighted by Crippen LogP contribution is -2.17. The Morgan fingerprint density at radius 1 is 1.27 bits per heavy atom. The number of carbonyl (C=O) groups excluding carboxylic acids is 2. The Morgan fingerprint density at radius 2 is 2.00 bits per heavy atom. The molecule has 0 unspecified atom stereocenters. The number of carbonyl (C=O) groups is 2. The van der Waals surface area contributed by atoms with Gasteiger partial charge in [-0.25, -0.2) is 0 Å². The quantitative estimate of drug-likeness (QED) is 0.729. The molecule has 76 valence electrons. The summed E-state index contributed by atoms with van der Waals surface area (Å²) < 4.78 is 0. The number of Topliss-reactive ketones (excluding diaryl/α,β-unsaturated/α-hetero) is 1. The lowest BCUT2D eigenvalue weighted by atomic mass is 9.88. The van der Waals surface area contributed by atoms with Gasteiger partial charge in [-0.05, 0) is 18.6 Å². The van der Waals surface area contributed by atoms with E-state index in [-0.39, 0.29) is 11.6 Å². The molecule has 3 heteroatoms. The van der Waals surface area contributed by atoms with Crippen molar-refractivity contribution in [3.8, 4) is 0 Å². The third kappa shape index (κ3) is 1.51. The number of fused-ring (bicyclic) bond motifs is 1. The van der Waals surface area contributed by atoms with Crippen molar-refractivity contribution in [1.29, 1.82) is 0 Å². The molecule has 15 heavy (non-hydrogen) atoms. The van der Waals surface area contributed by atoms with E-state index in [2.05, 4.69) is 0 Å². The zero-order valence-electron chi connectivity index (χ0n) is 8.21. The fourth-order valence-corrected chi connectivity index (χ4v) is 1.95. The maximum absolute atomic E-state index is 11.9. The van der Waals surface area contributed by atoms with Gasteiger partial charge in [0.25, 0.3) is 0 Å². The molecule has 0 saturated carbocycles. The first-order chi connectivity index (χ1) is 7.15. The highest BCUT2D eigenvalue weighted by Crippen LogP contribution is 2.28. The van der Waals surface area contributed by atoms with Gasteiger partial charge >= 0.3 is 0 Å². The van der Waals surface area contributed by atoms with Gasteiger partial charge in [-0.1, -0.05) is 30.7 Å². The van der Waals surface area contributed by atoms with Crippen molar-refractivity contribution in [2.75, 3.05) is 0 Å². The molecule has 0 aromatic heterocycles. The van der Waals surface area contributed by atoms with Crippen LogP contribution in [0.4, 0.5) is 0 Å². The van der Waals surface area contributed by atoms with Crippen LogP contribution in [-0.2, 0) is 0 Å². The van der Waals surface area contributed by atoms with Gasteiger partial charge in [-0.2, -0.15) is 0 Å². The second-order valence-corrected chi connectivity index (χ2v) is 3.79. The Balaban J connectivity index is 2.68. The molecule has 0 N–H and O–H groups in total. The van der Waals surface area contributed by atoms with Crippen molar-refractivity contribution in [3.05, 3.63) is 46.0 Å². The monoisotopic (exact) mass is 220 g/mol. The van der Waals surface area contributed by atoms with Gasteiger partial charge in [0, 0.05) is 11.1 Å². The van der Waals surface area contributed by atoms with Gasteiger partial charge in [-0.3, -0.25) is 9.59 Å². The van der Waals surface area contributed by atoms with Crippen LogP contribution in [0.3, 0.4) is 0 Å². The number of benzene rings is 1. The van der Waals surface area contributed by atoms with Crippen molar-refractivity contribution in [3.63, 3.8) is 0 Å². The van der Waals surface area contributed by atoms with Gasteiger partial charge in [0.1, 0.15) is 0 Å². The van der Waals surface area contributed by atoms with E-state index in [0.717, 1.165) is 0 Å². The van der Waals surface area contributed by atoms with E-state index in [1.165, 1.54) is 6.08 Å². The van der Waals surface area contributed by atoms with E-state index < -0.39 is 0 Å². The zero-order chi connectivity index (χ0) is 11.0. The van der Waals surface area contributed by atoms with Crippen molar-refractivity contribution in [1.82, 2.24) is 0 Å². The maximum Gasteiger partial charge on any atom is 0.191 e. The normalized spacial score (nSPS) is 14.9. The highest BCUT2D eigenvalue weighted by atomic mass is 35.5. The Morgan fingerprint density at radius 3 is 2.67 bits per heavy atom. The molecule has 0 heterocycles. The molecule has 0 fully saturated rings. The molecule has 1 aliphatic carbocycles. The van der Waals surface area contributed by atoms with Crippen LogP contribution in [0.25, 0.3) is 0 Å². The molecule has 1 aromatic carbocycles. The Labute approximate surface area is 92.6 Å². The molecular weight excluding hydrogens is 212 g/mol. The molecule has 0 saturated heterocycles. The fraction of sp³-hybridized carbons (Fsp3) is 0.167. The minimum atomic E-state index is -0.135. The van der Waals surface area contributed by atoms with Gasteiger partial charge < -0.3 is 0 Å². The largest absolute Gasteiger partial charge is 0.289 e. The van der Waals surface area contributed by atoms with Gasteiger partial charge in [0.05, 0.1) is 10.6 Å². The second-order valence-electron chi connectivity index (χ2n) is 3.38. The predicted octanol–water partition coefficient (Wildman–Crippen LogP) is 3.06. The topological polar surface area (TPSA) is 34.1 Å². The molecule has 0 spiro atoms. The molecule has 2 nitrogen and oxygen atoms in total. The first kappa shape index (κ1) is 10.1. The summed E-state index contributed by atoms with van der Waals surface area (Å²) in [6, 6.07) is 4.94. The summed E-state index contributed by atoms with van der Waals surface area (Å²) in [5, 5.41) is 0.352. The van der Waals surface area contributed by atoms with Crippen molar-refractivity contribution in [2.45, 2.75) is 13.3 Å². The number of hydrogen-bond donors (Lipinski definition) is 0. The molecular formula is C12H9ClO2. The van der Waals surface area contributed by atoms with Gasteiger partial charge in [0.15, 0.2) is 11.6 Å². The number of ketones is 2. The predicted molar refractivity (Wildman–Crippen MR) is 58.5 cm³/mol. The summed E-state index contributed by atoms with van der Waals surface area (Å²) in [5.41, 5.74) is 1.29. The molecule has 1 aliphatic rings. The first-order valence-electron chi connectivity index (χ1n) is 4.73. The van der Waals surface area contributed by atoms with Crippen LogP contribution in [0.1, 0.15) is 34.1 Å². The van der Waals surface area contributed by atoms with Gasteiger partial charge in [0.2, 0.25) is 0 Å². The van der Waals surface area contributed by atoms with Crippen LogP contribution in [0.15, 0.2) is 29.8 Å². The molecule has 2 rings (SSSR count). The SMILES string of the molecule is CCC1=CC(=O)c2cccc(Cl)c2C1=O. The Kier molecular flexibility index (Phi) is 2.45. The smallest absolute Gasteiger partial charge is 0.191 e. The van der Waals surface area contributed by atoms with E-state index >= 15 is 0 Å². The summed E-state index contributed by atoms with van der Waals surface area (Å²) >= 11 is 5.92. The highest BCUT2D eigenvalue weighted by Gasteiger charge is 2.26. The lowest BCUT2D eigenvalue weighted by molar-refractivity contribution is 0.0982. The standard InChI is InChI=1S/C12H9ClO2/c1-2-7-6-10(14)8-4-3-5-9(13)11(8)12(7)15/h3-6H,2H2,1H3. The third-order valence-corrected chi connectivity index (χ3v) is 2.80. The summed E-state index contributed by atoms with van der Waals surface area (Å²) in [6.45, 7) is 1.85. The fourth-order valence-electron chi connectivity index (χ4n) is 1.68. The average Bonchev–Trinajstić information content (AvgIpc) is 2.23. The van der Waals surface area contributed by atoms with Crippen LogP contribution >= 0.6 is 11.6 Å². The molecule has 0 bridgehead atoms. The van der Waals surface area contributed by atoms with E-state index in [0.29, 0.717) is 28.1 Å². The summed E-state index contributed by atoms with van der Waals surface area (Å²) in [6.07, 6.45) is 1.95. The second kappa shape index (κ2) is 3.63. The molecule has 0 aliphatic heterocycles.